The number of carbonyl (C=O) groups is 1. The van der Waals surface area contributed by atoms with E-state index in [2.05, 4.69) is 5.32 Å². The zero-order chi connectivity index (χ0) is 29.6. The Morgan fingerprint density at radius 3 is 2.37 bits per heavy atom. The summed E-state index contributed by atoms with van der Waals surface area (Å²) in [5, 5.41) is 14.1. The number of sulfonamides is 1. The topological polar surface area (TPSA) is 124 Å². The number of halogens is 1. The second-order valence-corrected chi connectivity index (χ2v) is 12.8. The average molecular weight is 595 g/mol. The van der Waals surface area contributed by atoms with Crippen LogP contribution in [0.2, 0.25) is 0 Å². The van der Waals surface area contributed by atoms with E-state index in [-0.39, 0.29) is 36.2 Å². The average Bonchev–Trinajstić information content (AvgIpc) is 3.43. The fourth-order valence-corrected chi connectivity index (χ4v) is 6.79. The molecule has 0 unspecified atom stereocenters. The molecule has 2 N–H and O–H groups in total. The van der Waals surface area contributed by atoms with Gasteiger partial charge in [0.05, 0.1) is 37.4 Å². The number of alkyl carbamates (subject to hydrolysis) is 1. The smallest absolute Gasteiger partial charge is 0.407 e. The first-order valence-electron chi connectivity index (χ1n) is 13.8. The van der Waals surface area contributed by atoms with Gasteiger partial charge in [0.15, 0.2) is 6.29 Å². The lowest BCUT2D eigenvalue weighted by Gasteiger charge is -2.33. The summed E-state index contributed by atoms with van der Waals surface area (Å²) in [5.74, 6) is -0.0220. The summed E-state index contributed by atoms with van der Waals surface area (Å²) in [6, 6.07) is 10.8. The van der Waals surface area contributed by atoms with Gasteiger partial charge in [-0.2, -0.15) is 4.31 Å². The van der Waals surface area contributed by atoms with E-state index >= 15 is 0 Å². The Labute approximate surface area is 240 Å². The molecule has 41 heavy (non-hydrogen) atoms. The van der Waals surface area contributed by atoms with Crippen molar-refractivity contribution in [3.8, 4) is 5.75 Å². The first-order valence-corrected chi connectivity index (χ1v) is 15.3. The Morgan fingerprint density at radius 1 is 1.07 bits per heavy atom. The number of methoxy groups -OCH3 is 1. The van der Waals surface area contributed by atoms with Crippen LogP contribution in [-0.2, 0) is 30.7 Å². The molecule has 0 aromatic heterocycles. The highest BCUT2D eigenvalue weighted by Crippen LogP contribution is 2.32. The van der Waals surface area contributed by atoms with Crippen molar-refractivity contribution in [2.45, 2.75) is 62.5 Å². The van der Waals surface area contributed by atoms with Gasteiger partial charge in [-0.25, -0.2) is 17.6 Å². The van der Waals surface area contributed by atoms with Gasteiger partial charge >= 0.3 is 6.09 Å². The molecule has 2 heterocycles. The van der Waals surface area contributed by atoms with E-state index in [1.54, 1.807) is 24.3 Å². The quantitative estimate of drug-likeness (QED) is 0.384. The van der Waals surface area contributed by atoms with Crippen molar-refractivity contribution in [2.24, 2.45) is 11.8 Å². The Kier molecular flexibility index (Phi) is 10.6. The predicted molar refractivity (Wildman–Crippen MR) is 148 cm³/mol. The molecule has 226 valence electrons. The number of benzene rings is 2. The van der Waals surface area contributed by atoms with Crippen molar-refractivity contribution in [1.29, 1.82) is 0 Å². The van der Waals surface area contributed by atoms with E-state index in [1.807, 2.05) is 13.8 Å². The van der Waals surface area contributed by atoms with Gasteiger partial charge in [-0.05, 0) is 60.7 Å². The molecule has 2 aliphatic rings. The molecule has 1 amide bonds. The summed E-state index contributed by atoms with van der Waals surface area (Å²) in [7, 11) is -2.50. The van der Waals surface area contributed by atoms with Crippen molar-refractivity contribution in [3.05, 3.63) is 59.9 Å². The molecule has 2 fully saturated rings. The molecule has 5 atom stereocenters. The van der Waals surface area contributed by atoms with Gasteiger partial charge in [0, 0.05) is 25.4 Å². The van der Waals surface area contributed by atoms with Gasteiger partial charge in [-0.15, -0.1) is 0 Å². The van der Waals surface area contributed by atoms with E-state index in [0.717, 1.165) is 0 Å². The molecule has 0 aliphatic carbocycles. The second kappa shape index (κ2) is 13.9. The number of aliphatic hydroxyl groups is 1. The summed E-state index contributed by atoms with van der Waals surface area (Å²) in [6.07, 6.45) is -1.51. The van der Waals surface area contributed by atoms with Crippen molar-refractivity contribution < 1.29 is 41.7 Å². The summed E-state index contributed by atoms with van der Waals surface area (Å²) < 4.78 is 64.0. The van der Waals surface area contributed by atoms with Gasteiger partial charge in [0.1, 0.15) is 17.7 Å². The minimum absolute atomic E-state index is 0.0428. The molecule has 0 radical (unpaired) electrons. The van der Waals surface area contributed by atoms with Gasteiger partial charge in [0.2, 0.25) is 10.0 Å². The van der Waals surface area contributed by atoms with Crippen LogP contribution < -0.4 is 10.1 Å². The van der Waals surface area contributed by atoms with Crippen LogP contribution in [-0.4, -0.2) is 81.9 Å². The highest BCUT2D eigenvalue weighted by atomic mass is 32.2. The Bertz CT molecular complexity index is 1240. The summed E-state index contributed by atoms with van der Waals surface area (Å²) in [6.45, 7) is 4.54. The number of aliphatic hydroxyl groups excluding tert-OH is 1. The highest BCUT2D eigenvalue weighted by Gasteiger charge is 2.41. The van der Waals surface area contributed by atoms with E-state index in [9.17, 15) is 22.7 Å². The van der Waals surface area contributed by atoms with Crippen LogP contribution in [0.4, 0.5) is 9.18 Å². The van der Waals surface area contributed by atoms with E-state index in [1.165, 1.54) is 35.7 Å². The van der Waals surface area contributed by atoms with Crippen LogP contribution in [0.5, 0.6) is 5.75 Å². The minimum Gasteiger partial charge on any atom is -0.497 e. The third-order valence-electron chi connectivity index (χ3n) is 7.30. The molecule has 2 saturated heterocycles. The molecular weight excluding hydrogens is 555 g/mol. The van der Waals surface area contributed by atoms with Crippen LogP contribution in [0.3, 0.4) is 0 Å². The number of hydrogen-bond acceptors (Lipinski definition) is 8. The predicted octanol–water partition coefficient (Wildman–Crippen LogP) is 3.33. The summed E-state index contributed by atoms with van der Waals surface area (Å²) >= 11 is 0. The Morgan fingerprint density at radius 2 is 1.73 bits per heavy atom. The van der Waals surface area contributed by atoms with Crippen molar-refractivity contribution in [2.75, 3.05) is 33.4 Å². The number of amides is 1. The molecular formula is C29H39FN2O8S. The summed E-state index contributed by atoms with van der Waals surface area (Å²) in [5.41, 5.74) is 0.652. The molecule has 10 nitrogen and oxygen atoms in total. The number of ether oxygens (including phenoxy) is 4. The molecule has 2 aromatic carbocycles. The maximum Gasteiger partial charge on any atom is 0.407 e. The molecule has 0 spiro atoms. The summed E-state index contributed by atoms with van der Waals surface area (Å²) in [4.78, 5) is 13.1. The van der Waals surface area contributed by atoms with Crippen molar-refractivity contribution in [3.63, 3.8) is 0 Å². The van der Waals surface area contributed by atoms with Crippen molar-refractivity contribution in [1.82, 2.24) is 9.62 Å². The van der Waals surface area contributed by atoms with Crippen molar-refractivity contribution >= 4 is 16.1 Å². The van der Waals surface area contributed by atoms with E-state index in [4.69, 9.17) is 18.9 Å². The fraction of sp³-hybridized carbons (Fsp3) is 0.552. The Hall–Kier alpha value is -2.77. The zero-order valence-electron chi connectivity index (χ0n) is 23.6. The molecule has 12 heteroatoms. The molecule has 0 saturated carbocycles. The number of carbonyl (C=O) groups excluding carboxylic acids is 1. The molecule has 2 aromatic rings. The Balaban J connectivity index is 1.52. The van der Waals surface area contributed by atoms with Crippen LogP contribution in [0.15, 0.2) is 53.4 Å². The lowest BCUT2D eigenvalue weighted by Crippen LogP contribution is -2.52. The van der Waals surface area contributed by atoms with Crippen LogP contribution >= 0.6 is 0 Å². The SMILES string of the molecule is COc1ccc(S(=O)(=O)N(CC(C)C)C[C@@H](O)[C@H](Cc2ccc(F)cc2)NC(=O)O[C@H]2CCO[C@H]3OCC[C@H]32)cc1. The minimum atomic E-state index is -3.99. The fourth-order valence-electron chi connectivity index (χ4n) is 5.16. The maximum atomic E-state index is 13.6. The molecule has 4 rings (SSSR count). The first kappa shape index (κ1) is 31.2. The maximum absolute atomic E-state index is 13.6. The van der Waals surface area contributed by atoms with Crippen LogP contribution in [0.1, 0.15) is 32.3 Å². The van der Waals surface area contributed by atoms with E-state index in [0.29, 0.717) is 37.4 Å². The normalized spacial score (nSPS) is 22.3. The van der Waals surface area contributed by atoms with Gasteiger partial charge < -0.3 is 29.4 Å². The van der Waals surface area contributed by atoms with Crippen LogP contribution in [0.25, 0.3) is 0 Å². The molecule has 0 bridgehead atoms. The third-order valence-corrected chi connectivity index (χ3v) is 9.14. The zero-order valence-corrected chi connectivity index (χ0v) is 24.4. The molecule has 2 aliphatic heterocycles. The number of rotatable bonds is 12. The van der Waals surface area contributed by atoms with Gasteiger partial charge in [-0.1, -0.05) is 26.0 Å². The first-order chi connectivity index (χ1) is 19.6. The highest BCUT2D eigenvalue weighted by molar-refractivity contribution is 7.89. The van der Waals surface area contributed by atoms with Gasteiger partial charge in [-0.3, -0.25) is 0 Å². The van der Waals surface area contributed by atoms with Gasteiger partial charge in [0.25, 0.3) is 0 Å². The second-order valence-electron chi connectivity index (χ2n) is 10.8. The standard InChI is InChI=1S/C29H39FN2O8S/c1-19(2)17-32(41(35,36)23-10-8-22(37-3)9-11-23)18-26(33)25(16-20-4-6-21(30)7-5-20)31-29(34)40-27-13-15-39-28-24(27)12-14-38-28/h4-11,19,24-28,33H,12-18H2,1-3H3,(H,31,34)/t24-,25-,26+,27-,28+/m0/s1. The number of fused-ring (bicyclic) bond motifs is 1. The third kappa shape index (κ3) is 8.16. The number of nitrogens with zero attached hydrogens (tertiary/aromatic N) is 1. The van der Waals surface area contributed by atoms with E-state index < -0.39 is 46.5 Å². The number of hydrogen-bond donors (Lipinski definition) is 2. The monoisotopic (exact) mass is 594 g/mol. The largest absolute Gasteiger partial charge is 0.497 e. The van der Waals surface area contributed by atoms with Crippen LogP contribution in [0, 0.1) is 17.7 Å². The lowest BCUT2D eigenvalue weighted by atomic mass is 9.95. The lowest BCUT2D eigenvalue weighted by molar-refractivity contribution is -0.179. The number of nitrogens with one attached hydrogen (secondary N) is 1.